The quantitative estimate of drug-likeness (QED) is 0.802. The molecule has 2 unspecified atom stereocenters. The number of carbonyl (C=O) groups excluding carboxylic acids is 2. The van der Waals surface area contributed by atoms with Crippen molar-refractivity contribution in [2.75, 3.05) is 6.54 Å². The minimum absolute atomic E-state index is 0.0163. The Morgan fingerprint density at radius 1 is 1.35 bits per heavy atom. The molecule has 2 rings (SSSR count). The van der Waals surface area contributed by atoms with Crippen LogP contribution in [-0.4, -0.2) is 35.3 Å². The fraction of sp³-hybridized carbons (Fsp3) is 0.846. The molecule has 1 N–H and O–H groups in total. The van der Waals surface area contributed by atoms with E-state index in [-0.39, 0.29) is 23.9 Å². The van der Waals surface area contributed by atoms with E-state index in [1.807, 2.05) is 18.7 Å². The van der Waals surface area contributed by atoms with Crippen LogP contribution >= 0.6 is 0 Å². The van der Waals surface area contributed by atoms with Gasteiger partial charge in [0.1, 0.15) is 6.04 Å². The number of nitrogens with one attached hydrogen (secondary N) is 1. The molecule has 2 atom stereocenters. The van der Waals surface area contributed by atoms with Crippen LogP contribution in [0.1, 0.15) is 46.0 Å². The van der Waals surface area contributed by atoms with Gasteiger partial charge >= 0.3 is 0 Å². The lowest BCUT2D eigenvalue weighted by molar-refractivity contribution is -0.135. The predicted octanol–water partition coefficient (Wildman–Crippen LogP) is 1.30. The molecule has 1 heterocycles. The molecule has 2 fully saturated rings. The minimum atomic E-state index is -0.295. The van der Waals surface area contributed by atoms with Crippen LogP contribution in [-0.2, 0) is 9.59 Å². The molecule has 96 valence electrons. The number of carbonyl (C=O) groups is 2. The maximum absolute atomic E-state index is 12.4. The van der Waals surface area contributed by atoms with Crippen molar-refractivity contribution in [3.63, 3.8) is 0 Å². The van der Waals surface area contributed by atoms with Gasteiger partial charge in [-0.2, -0.15) is 0 Å². The molecule has 1 aliphatic heterocycles. The molecule has 1 saturated heterocycles. The molecule has 0 aromatic rings. The number of hydrogen-bond acceptors (Lipinski definition) is 2. The standard InChI is InChI=1S/C13H22N2O2/c1-3-4-11-13(17)15(8-10-5-6-10)9(2)7-12(16)14-11/h9-11H,3-8H2,1-2H3,(H,14,16). The average Bonchev–Trinajstić information content (AvgIpc) is 3.07. The van der Waals surface area contributed by atoms with E-state index >= 15 is 0 Å². The molecule has 0 aromatic carbocycles. The molecule has 4 heteroatoms. The van der Waals surface area contributed by atoms with Crippen molar-refractivity contribution in [1.29, 1.82) is 0 Å². The Labute approximate surface area is 103 Å². The van der Waals surface area contributed by atoms with Gasteiger partial charge in [0, 0.05) is 19.0 Å². The number of rotatable bonds is 4. The van der Waals surface area contributed by atoms with Crippen LogP contribution in [0.4, 0.5) is 0 Å². The zero-order valence-corrected chi connectivity index (χ0v) is 10.7. The van der Waals surface area contributed by atoms with Crippen LogP contribution in [0.15, 0.2) is 0 Å². The van der Waals surface area contributed by atoms with Crippen LogP contribution in [0.25, 0.3) is 0 Å². The molecule has 17 heavy (non-hydrogen) atoms. The van der Waals surface area contributed by atoms with Gasteiger partial charge in [-0.1, -0.05) is 13.3 Å². The maximum atomic E-state index is 12.4. The molecular weight excluding hydrogens is 216 g/mol. The first kappa shape index (κ1) is 12.4. The summed E-state index contributed by atoms with van der Waals surface area (Å²) in [5, 5.41) is 2.85. The van der Waals surface area contributed by atoms with Gasteiger partial charge in [-0.25, -0.2) is 0 Å². The van der Waals surface area contributed by atoms with Gasteiger partial charge in [-0.3, -0.25) is 9.59 Å². The molecule has 1 aliphatic carbocycles. The van der Waals surface area contributed by atoms with Crippen molar-refractivity contribution in [1.82, 2.24) is 10.2 Å². The van der Waals surface area contributed by atoms with E-state index in [9.17, 15) is 9.59 Å². The fourth-order valence-corrected chi connectivity index (χ4v) is 2.44. The molecule has 2 aliphatic rings. The summed E-state index contributed by atoms with van der Waals surface area (Å²) in [4.78, 5) is 26.0. The van der Waals surface area contributed by atoms with E-state index < -0.39 is 0 Å². The highest BCUT2D eigenvalue weighted by molar-refractivity contribution is 5.90. The van der Waals surface area contributed by atoms with E-state index in [2.05, 4.69) is 5.32 Å². The SMILES string of the molecule is CCCC1NC(=O)CC(C)N(CC2CC2)C1=O. The van der Waals surface area contributed by atoms with Crippen molar-refractivity contribution in [2.24, 2.45) is 5.92 Å². The van der Waals surface area contributed by atoms with Crippen molar-refractivity contribution in [2.45, 2.75) is 58.0 Å². The highest BCUT2D eigenvalue weighted by Gasteiger charge is 2.36. The monoisotopic (exact) mass is 238 g/mol. The van der Waals surface area contributed by atoms with Gasteiger partial charge in [-0.05, 0) is 32.1 Å². The number of amides is 2. The zero-order chi connectivity index (χ0) is 12.4. The van der Waals surface area contributed by atoms with Crippen LogP contribution in [0.2, 0.25) is 0 Å². The molecule has 0 aromatic heterocycles. The first-order valence-electron chi connectivity index (χ1n) is 6.71. The summed E-state index contributed by atoms with van der Waals surface area (Å²) in [5.41, 5.74) is 0. The van der Waals surface area contributed by atoms with Gasteiger partial charge in [-0.15, -0.1) is 0 Å². The third-order valence-electron chi connectivity index (χ3n) is 3.66. The van der Waals surface area contributed by atoms with Gasteiger partial charge < -0.3 is 10.2 Å². The van der Waals surface area contributed by atoms with Crippen molar-refractivity contribution in [3.8, 4) is 0 Å². The molecule has 4 nitrogen and oxygen atoms in total. The number of hydrogen-bond donors (Lipinski definition) is 1. The van der Waals surface area contributed by atoms with Crippen molar-refractivity contribution < 1.29 is 9.59 Å². The summed E-state index contributed by atoms with van der Waals surface area (Å²) in [6.07, 6.45) is 4.58. The second kappa shape index (κ2) is 5.07. The molecule has 1 saturated carbocycles. The largest absolute Gasteiger partial charge is 0.344 e. The summed E-state index contributed by atoms with van der Waals surface area (Å²) in [5.74, 6) is 0.816. The highest BCUT2D eigenvalue weighted by atomic mass is 16.2. The van der Waals surface area contributed by atoms with Gasteiger partial charge in [0.15, 0.2) is 0 Å². The Balaban J connectivity index is 2.09. The topological polar surface area (TPSA) is 49.4 Å². The maximum Gasteiger partial charge on any atom is 0.245 e. The summed E-state index contributed by atoms with van der Waals surface area (Å²) in [7, 11) is 0. The lowest BCUT2D eigenvalue weighted by atomic mass is 10.1. The third kappa shape index (κ3) is 2.99. The predicted molar refractivity (Wildman–Crippen MR) is 65.4 cm³/mol. The normalized spacial score (nSPS) is 30.1. The summed E-state index contributed by atoms with van der Waals surface area (Å²) < 4.78 is 0. The first-order valence-corrected chi connectivity index (χ1v) is 6.71. The van der Waals surface area contributed by atoms with E-state index in [0.717, 1.165) is 19.4 Å². The van der Waals surface area contributed by atoms with Crippen molar-refractivity contribution >= 4 is 11.8 Å². The van der Waals surface area contributed by atoms with Gasteiger partial charge in [0.2, 0.25) is 11.8 Å². The average molecular weight is 238 g/mol. The van der Waals surface area contributed by atoms with E-state index in [1.54, 1.807) is 0 Å². The summed E-state index contributed by atoms with van der Waals surface area (Å²) in [6, 6.07) is -0.249. The Morgan fingerprint density at radius 2 is 2.06 bits per heavy atom. The number of nitrogens with zero attached hydrogens (tertiary/aromatic N) is 1. The first-order chi connectivity index (χ1) is 8.11. The molecule has 2 amide bonds. The van der Waals surface area contributed by atoms with Crippen LogP contribution in [0.5, 0.6) is 0 Å². The molecular formula is C13H22N2O2. The van der Waals surface area contributed by atoms with Crippen LogP contribution in [0, 0.1) is 5.92 Å². The van der Waals surface area contributed by atoms with Crippen LogP contribution in [0.3, 0.4) is 0 Å². The van der Waals surface area contributed by atoms with Crippen LogP contribution < -0.4 is 5.32 Å². The van der Waals surface area contributed by atoms with E-state index in [1.165, 1.54) is 12.8 Å². The summed E-state index contributed by atoms with van der Waals surface area (Å²) in [6.45, 7) is 4.86. The second-order valence-corrected chi connectivity index (χ2v) is 5.40. The Bertz CT molecular complexity index is 313. The van der Waals surface area contributed by atoms with Gasteiger partial charge in [0.25, 0.3) is 0 Å². The lowest BCUT2D eigenvalue weighted by Crippen LogP contribution is -2.47. The second-order valence-electron chi connectivity index (χ2n) is 5.40. The fourth-order valence-electron chi connectivity index (χ4n) is 2.44. The third-order valence-corrected chi connectivity index (χ3v) is 3.66. The van der Waals surface area contributed by atoms with Crippen molar-refractivity contribution in [3.05, 3.63) is 0 Å². The molecule has 0 spiro atoms. The molecule has 0 bridgehead atoms. The molecule has 0 radical (unpaired) electrons. The Morgan fingerprint density at radius 3 is 2.65 bits per heavy atom. The highest BCUT2D eigenvalue weighted by Crippen LogP contribution is 2.31. The lowest BCUT2D eigenvalue weighted by Gasteiger charge is -2.28. The smallest absolute Gasteiger partial charge is 0.245 e. The van der Waals surface area contributed by atoms with E-state index in [0.29, 0.717) is 12.3 Å². The Kier molecular flexibility index (Phi) is 3.69. The Hall–Kier alpha value is -1.06. The minimum Gasteiger partial charge on any atom is -0.344 e. The summed E-state index contributed by atoms with van der Waals surface area (Å²) >= 11 is 0. The van der Waals surface area contributed by atoms with E-state index in [4.69, 9.17) is 0 Å². The van der Waals surface area contributed by atoms with Gasteiger partial charge in [0.05, 0.1) is 0 Å². The zero-order valence-electron chi connectivity index (χ0n) is 10.7.